The molecule has 5 nitrogen and oxygen atoms in total. The van der Waals surface area contributed by atoms with Gasteiger partial charge in [-0.2, -0.15) is 4.98 Å². The molecule has 0 saturated carbocycles. The Balaban J connectivity index is 2.24. The molecule has 0 radical (unpaired) electrons. The zero-order chi connectivity index (χ0) is 14.4. The summed E-state index contributed by atoms with van der Waals surface area (Å²) in [5, 5.41) is 11.6. The molecule has 1 aliphatic rings. The molecule has 0 spiro atoms. The standard InChI is InChI=1S/C14H19ClN4O/c1-4-8(2)11-7-18(3)13(20)10-5-9-6-16-14(15)17-12(9)19(10)11/h5-6,8,11,13,20H,4,7H2,1-3H3/t8?,11-,13?/m1/s1. The number of aromatic nitrogens is 3. The number of rotatable bonds is 2. The Labute approximate surface area is 123 Å². The lowest BCUT2D eigenvalue weighted by atomic mass is 9.96. The molecule has 0 aromatic carbocycles. The van der Waals surface area contributed by atoms with Gasteiger partial charge in [-0.05, 0) is 30.6 Å². The number of aliphatic hydroxyl groups is 1. The predicted molar refractivity (Wildman–Crippen MR) is 78.6 cm³/mol. The highest BCUT2D eigenvalue weighted by Gasteiger charge is 2.34. The Morgan fingerprint density at radius 3 is 3.00 bits per heavy atom. The molecule has 108 valence electrons. The van der Waals surface area contributed by atoms with Crippen LogP contribution in [0.1, 0.15) is 38.2 Å². The van der Waals surface area contributed by atoms with Gasteiger partial charge in [-0.15, -0.1) is 0 Å². The van der Waals surface area contributed by atoms with Gasteiger partial charge in [0.1, 0.15) is 11.9 Å². The van der Waals surface area contributed by atoms with Crippen LogP contribution >= 0.6 is 11.6 Å². The fraction of sp³-hybridized carbons (Fsp3) is 0.571. The number of hydrogen-bond acceptors (Lipinski definition) is 4. The third-order valence-corrected chi connectivity index (χ3v) is 4.55. The minimum Gasteiger partial charge on any atom is -0.373 e. The third-order valence-electron chi connectivity index (χ3n) is 4.37. The van der Waals surface area contributed by atoms with Crippen molar-refractivity contribution in [3.63, 3.8) is 0 Å². The van der Waals surface area contributed by atoms with Crippen LogP contribution in [-0.4, -0.2) is 38.1 Å². The SMILES string of the molecule is CCC(C)[C@H]1CN(C)C(O)c2cc3cnc(Cl)nc3n21. The summed E-state index contributed by atoms with van der Waals surface area (Å²) in [4.78, 5) is 10.4. The molecule has 0 aliphatic carbocycles. The fourth-order valence-electron chi connectivity index (χ4n) is 2.96. The molecule has 2 unspecified atom stereocenters. The number of halogens is 1. The Kier molecular flexibility index (Phi) is 3.44. The van der Waals surface area contributed by atoms with E-state index in [1.807, 2.05) is 18.0 Å². The Hall–Kier alpha value is -1.17. The molecule has 20 heavy (non-hydrogen) atoms. The van der Waals surface area contributed by atoms with E-state index >= 15 is 0 Å². The molecule has 1 aliphatic heterocycles. The van der Waals surface area contributed by atoms with Gasteiger partial charge in [-0.25, -0.2) is 4.98 Å². The molecule has 3 atom stereocenters. The predicted octanol–water partition coefficient (Wildman–Crippen LogP) is 2.61. The lowest BCUT2D eigenvalue weighted by Crippen LogP contribution is -2.40. The summed E-state index contributed by atoms with van der Waals surface area (Å²) in [5.74, 6) is 0.494. The molecule has 0 amide bonds. The lowest BCUT2D eigenvalue weighted by molar-refractivity contribution is -0.0201. The van der Waals surface area contributed by atoms with Crippen molar-refractivity contribution in [1.29, 1.82) is 0 Å². The van der Waals surface area contributed by atoms with Crippen molar-refractivity contribution in [2.45, 2.75) is 32.5 Å². The van der Waals surface area contributed by atoms with Crippen LogP contribution in [0.5, 0.6) is 0 Å². The summed E-state index contributed by atoms with van der Waals surface area (Å²) in [6, 6.07) is 2.24. The van der Waals surface area contributed by atoms with Crippen molar-refractivity contribution in [1.82, 2.24) is 19.4 Å². The zero-order valence-electron chi connectivity index (χ0n) is 11.9. The molecule has 2 aromatic heterocycles. The van der Waals surface area contributed by atoms with Gasteiger partial charge in [-0.1, -0.05) is 20.3 Å². The molecule has 0 bridgehead atoms. The summed E-state index contributed by atoms with van der Waals surface area (Å²) in [6.45, 7) is 5.21. The van der Waals surface area contributed by atoms with Gasteiger partial charge < -0.3 is 9.67 Å². The second-order valence-electron chi connectivity index (χ2n) is 5.62. The number of likely N-dealkylation sites (N-methyl/N-ethyl adjacent to an activating group) is 1. The first kappa shape index (κ1) is 13.8. The van der Waals surface area contributed by atoms with E-state index in [4.69, 9.17) is 11.6 Å². The normalized spacial score (nSPS) is 24.9. The van der Waals surface area contributed by atoms with Crippen molar-refractivity contribution < 1.29 is 5.11 Å². The molecular formula is C14H19ClN4O. The summed E-state index contributed by atoms with van der Waals surface area (Å²) in [6.07, 6.45) is 2.19. The number of fused-ring (bicyclic) bond motifs is 3. The molecule has 6 heteroatoms. The third kappa shape index (κ3) is 2.01. The van der Waals surface area contributed by atoms with Crippen LogP contribution in [0.15, 0.2) is 12.3 Å². The number of aliphatic hydroxyl groups excluding tert-OH is 1. The number of hydrogen-bond donors (Lipinski definition) is 1. The van der Waals surface area contributed by atoms with E-state index in [-0.39, 0.29) is 11.3 Å². The first-order valence-electron chi connectivity index (χ1n) is 6.94. The van der Waals surface area contributed by atoms with Crippen LogP contribution in [0.2, 0.25) is 5.28 Å². The molecule has 3 rings (SSSR count). The summed E-state index contributed by atoms with van der Waals surface area (Å²) < 4.78 is 2.14. The maximum atomic E-state index is 10.4. The van der Waals surface area contributed by atoms with Crippen LogP contribution in [-0.2, 0) is 0 Å². The van der Waals surface area contributed by atoms with Crippen molar-refractivity contribution >= 4 is 22.6 Å². The van der Waals surface area contributed by atoms with Crippen LogP contribution in [0.4, 0.5) is 0 Å². The Bertz CT molecular complexity index is 641. The fourth-order valence-corrected chi connectivity index (χ4v) is 3.09. The zero-order valence-corrected chi connectivity index (χ0v) is 12.7. The van der Waals surface area contributed by atoms with Gasteiger partial charge in [0.05, 0.1) is 11.7 Å². The van der Waals surface area contributed by atoms with Crippen molar-refractivity contribution in [2.75, 3.05) is 13.6 Å². The van der Waals surface area contributed by atoms with Crippen LogP contribution < -0.4 is 0 Å². The van der Waals surface area contributed by atoms with E-state index in [1.165, 1.54) is 0 Å². The van der Waals surface area contributed by atoms with E-state index in [1.54, 1.807) is 6.20 Å². The van der Waals surface area contributed by atoms with Gasteiger partial charge in [0, 0.05) is 18.1 Å². The second-order valence-corrected chi connectivity index (χ2v) is 5.96. The Morgan fingerprint density at radius 2 is 2.30 bits per heavy atom. The molecule has 3 heterocycles. The molecule has 1 N–H and O–H groups in total. The minimum absolute atomic E-state index is 0.245. The van der Waals surface area contributed by atoms with E-state index in [9.17, 15) is 5.11 Å². The Morgan fingerprint density at radius 1 is 1.55 bits per heavy atom. The van der Waals surface area contributed by atoms with Gasteiger partial charge in [0.15, 0.2) is 0 Å². The minimum atomic E-state index is -0.608. The van der Waals surface area contributed by atoms with E-state index in [0.717, 1.165) is 29.7 Å². The summed E-state index contributed by atoms with van der Waals surface area (Å²) >= 11 is 5.94. The monoisotopic (exact) mass is 294 g/mol. The largest absolute Gasteiger partial charge is 0.373 e. The summed E-state index contributed by atoms with van der Waals surface area (Å²) in [5.41, 5.74) is 1.69. The van der Waals surface area contributed by atoms with Crippen LogP contribution in [0, 0.1) is 5.92 Å². The van der Waals surface area contributed by atoms with Crippen LogP contribution in [0.25, 0.3) is 11.0 Å². The molecule has 2 aromatic rings. The topological polar surface area (TPSA) is 54.2 Å². The molecule has 0 saturated heterocycles. The lowest BCUT2D eigenvalue weighted by Gasteiger charge is -2.39. The summed E-state index contributed by atoms with van der Waals surface area (Å²) in [7, 11) is 1.94. The highest BCUT2D eigenvalue weighted by atomic mass is 35.5. The van der Waals surface area contributed by atoms with E-state index in [2.05, 4.69) is 28.4 Å². The highest BCUT2D eigenvalue weighted by molar-refractivity contribution is 6.28. The van der Waals surface area contributed by atoms with E-state index in [0.29, 0.717) is 5.92 Å². The maximum absolute atomic E-state index is 10.4. The highest BCUT2D eigenvalue weighted by Crippen LogP contribution is 2.37. The van der Waals surface area contributed by atoms with Crippen LogP contribution in [0.3, 0.4) is 0 Å². The average molecular weight is 295 g/mol. The first-order chi connectivity index (χ1) is 9.52. The van der Waals surface area contributed by atoms with Gasteiger partial charge in [0.25, 0.3) is 0 Å². The van der Waals surface area contributed by atoms with Gasteiger partial charge >= 0.3 is 0 Å². The second kappa shape index (κ2) is 4.98. The smallest absolute Gasteiger partial charge is 0.224 e. The first-order valence-corrected chi connectivity index (χ1v) is 7.32. The van der Waals surface area contributed by atoms with Gasteiger partial charge in [-0.3, -0.25) is 4.90 Å². The van der Waals surface area contributed by atoms with Crippen molar-refractivity contribution in [3.8, 4) is 0 Å². The van der Waals surface area contributed by atoms with E-state index < -0.39 is 6.23 Å². The maximum Gasteiger partial charge on any atom is 0.224 e. The molecular weight excluding hydrogens is 276 g/mol. The van der Waals surface area contributed by atoms with Crippen molar-refractivity contribution in [3.05, 3.63) is 23.2 Å². The quantitative estimate of drug-likeness (QED) is 0.865. The van der Waals surface area contributed by atoms with Crippen molar-refractivity contribution in [2.24, 2.45) is 5.92 Å². The average Bonchev–Trinajstić information content (AvgIpc) is 2.81. The van der Waals surface area contributed by atoms with Gasteiger partial charge in [0.2, 0.25) is 5.28 Å². The molecule has 0 fully saturated rings. The number of nitrogens with zero attached hydrogens (tertiary/aromatic N) is 4.